The van der Waals surface area contributed by atoms with Crippen LogP contribution in [0.25, 0.3) is 0 Å². The predicted molar refractivity (Wildman–Crippen MR) is 28.1 cm³/mol. The molecule has 1 heterocycles. The van der Waals surface area contributed by atoms with Gasteiger partial charge in [-0.3, -0.25) is 0 Å². The number of aromatic nitrogens is 3. The summed E-state index contributed by atoms with van der Waals surface area (Å²) in [6.07, 6.45) is 2.47. The van der Waals surface area contributed by atoms with E-state index in [9.17, 15) is 0 Å². The monoisotopic (exact) mass is 108 g/mol. The van der Waals surface area contributed by atoms with Crippen molar-refractivity contribution in [3.63, 3.8) is 0 Å². The molecule has 0 saturated carbocycles. The average molecular weight is 108 g/mol. The van der Waals surface area contributed by atoms with Gasteiger partial charge in [-0.05, 0) is 13.8 Å². The molecule has 0 fully saturated rings. The minimum atomic E-state index is 0.720. The van der Waals surface area contributed by atoms with Crippen molar-refractivity contribution >= 4 is 0 Å². The van der Waals surface area contributed by atoms with Crippen LogP contribution in [-0.4, -0.2) is 15.0 Å². The molecule has 0 bridgehead atoms. The molecular formula is C5H6N3. The highest BCUT2D eigenvalue weighted by Gasteiger charge is 1.85. The maximum Gasteiger partial charge on any atom is 0.201 e. The van der Waals surface area contributed by atoms with Gasteiger partial charge < -0.3 is 0 Å². The molecule has 1 aromatic heterocycles. The van der Waals surface area contributed by atoms with Crippen molar-refractivity contribution < 1.29 is 0 Å². The summed E-state index contributed by atoms with van der Waals surface area (Å²) in [5.74, 6) is 1.44. The van der Waals surface area contributed by atoms with E-state index in [0.717, 1.165) is 11.6 Å². The summed E-state index contributed by atoms with van der Waals surface area (Å²) < 4.78 is 0. The minimum absolute atomic E-state index is 0.720. The van der Waals surface area contributed by atoms with E-state index in [1.54, 1.807) is 0 Å². The highest BCUT2D eigenvalue weighted by atomic mass is 15.0. The lowest BCUT2D eigenvalue weighted by molar-refractivity contribution is 0.911. The van der Waals surface area contributed by atoms with Crippen LogP contribution in [0.5, 0.6) is 0 Å². The van der Waals surface area contributed by atoms with E-state index < -0.39 is 0 Å². The van der Waals surface area contributed by atoms with Crippen LogP contribution in [0.1, 0.15) is 11.6 Å². The minimum Gasteiger partial charge on any atom is -0.219 e. The molecule has 41 valence electrons. The van der Waals surface area contributed by atoms with E-state index in [2.05, 4.69) is 21.3 Å². The molecule has 0 N–H and O–H groups in total. The predicted octanol–water partition coefficient (Wildman–Crippen LogP) is 0.289. The third-order valence-corrected chi connectivity index (χ3v) is 0.747. The van der Waals surface area contributed by atoms with Crippen LogP contribution >= 0.6 is 0 Å². The van der Waals surface area contributed by atoms with Crippen molar-refractivity contribution in [3.05, 3.63) is 18.0 Å². The normalized spacial score (nSPS) is 9.25. The largest absolute Gasteiger partial charge is 0.219 e. The molecule has 0 atom stereocenters. The fraction of sp³-hybridized carbons (Fsp3) is 0.400. The van der Waals surface area contributed by atoms with Crippen LogP contribution in [-0.2, 0) is 0 Å². The lowest BCUT2D eigenvalue weighted by Crippen LogP contribution is -1.92. The second kappa shape index (κ2) is 1.86. The first-order valence-corrected chi connectivity index (χ1v) is 2.34. The molecule has 8 heavy (non-hydrogen) atoms. The van der Waals surface area contributed by atoms with Gasteiger partial charge in [-0.2, -0.15) is 0 Å². The molecule has 0 aliphatic heterocycles. The summed E-state index contributed by atoms with van der Waals surface area (Å²) in [4.78, 5) is 11.3. The molecule has 0 saturated heterocycles. The topological polar surface area (TPSA) is 38.7 Å². The van der Waals surface area contributed by atoms with Gasteiger partial charge in [0.05, 0.1) is 0 Å². The number of nitrogens with zero attached hydrogens (tertiary/aromatic N) is 3. The van der Waals surface area contributed by atoms with Gasteiger partial charge in [0, 0.05) is 0 Å². The van der Waals surface area contributed by atoms with Crippen LogP contribution in [0, 0.1) is 20.2 Å². The molecule has 0 unspecified atom stereocenters. The molecular weight excluding hydrogens is 102 g/mol. The SMILES string of the molecule is Cc1n[c]nc(C)n1. The standard InChI is InChI=1S/C5H6N3/c1-4-6-3-7-5(2)8-4/h1-2H3. The highest BCUT2D eigenvalue weighted by molar-refractivity contribution is 4.82. The van der Waals surface area contributed by atoms with Crippen molar-refractivity contribution in [1.29, 1.82) is 0 Å². The molecule has 3 heteroatoms. The molecule has 0 spiro atoms. The number of hydrogen-bond acceptors (Lipinski definition) is 3. The number of aryl methyl sites for hydroxylation is 2. The van der Waals surface area contributed by atoms with Crippen LogP contribution in [0.15, 0.2) is 0 Å². The molecule has 0 aromatic carbocycles. The zero-order valence-electron chi connectivity index (χ0n) is 4.84. The Balaban J connectivity index is 3.08. The molecule has 1 radical (unpaired) electrons. The Morgan fingerprint density at radius 2 is 1.62 bits per heavy atom. The number of hydrogen-bond donors (Lipinski definition) is 0. The van der Waals surface area contributed by atoms with Crippen LogP contribution in [0.4, 0.5) is 0 Å². The van der Waals surface area contributed by atoms with Gasteiger partial charge in [0.25, 0.3) is 0 Å². The van der Waals surface area contributed by atoms with Gasteiger partial charge in [0.1, 0.15) is 11.6 Å². The van der Waals surface area contributed by atoms with Gasteiger partial charge in [0.2, 0.25) is 6.33 Å². The van der Waals surface area contributed by atoms with E-state index in [4.69, 9.17) is 0 Å². The van der Waals surface area contributed by atoms with Crippen molar-refractivity contribution in [2.75, 3.05) is 0 Å². The molecule has 1 rings (SSSR count). The zero-order chi connectivity index (χ0) is 5.98. The van der Waals surface area contributed by atoms with Gasteiger partial charge in [-0.1, -0.05) is 0 Å². The third kappa shape index (κ3) is 0.992. The van der Waals surface area contributed by atoms with E-state index in [0.29, 0.717) is 0 Å². The van der Waals surface area contributed by atoms with E-state index >= 15 is 0 Å². The Labute approximate surface area is 47.8 Å². The molecule has 1 aromatic rings. The molecule has 0 aliphatic carbocycles. The summed E-state index contributed by atoms with van der Waals surface area (Å²) in [6.45, 7) is 3.62. The van der Waals surface area contributed by atoms with Gasteiger partial charge >= 0.3 is 0 Å². The van der Waals surface area contributed by atoms with Crippen LogP contribution in [0.2, 0.25) is 0 Å². The Bertz CT molecular complexity index is 168. The molecule has 3 nitrogen and oxygen atoms in total. The summed E-state index contributed by atoms with van der Waals surface area (Å²) in [5, 5.41) is 0. The Morgan fingerprint density at radius 1 is 1.12 bits per heavy atom. The van der Waals surface area contributed by atoms with Gasteiger partial charge in [-0.15, -0.1) is 0 Å². The molecule has 0 amide bonds. The fourth-order valence-corrected chi connectivity index (χ4v) is 0.454. The van der Waals surface area contributed by atoms with Crippen molar-refractivity contribution in [2.45, 2.75) is 13.8 Å². The average Bonchev–Trinajstić information content (AvgIpc) is 1.64. The summed E-state index contributed by atoms with van der Waals surface area (Å²) in [7, 11) is 0. The summed E-state index contributed by atoms with van der Waals surface area (Å²) in [5.41, 5.74) is 0. The lowest BCUT2D eigenvalue weighted by atomic mass is 10.6. The smallest absolute Gasteiger partial charge is 0.201 e. The van der Waals surface area contributed by atoms with E-state index in [1.807, 2.05) is 13.8 Å². The van der Waals surface area contributed by atoms with Crippen LogP contribution < -0.4 is 0 Å². The first kappa shape index (κ1) is 5.15. The number of rotatable bonds is 0. The van der Waals surface area contributed by atoms with Gasteiger partial charge in [0.15, 0.2) is 0 Å². The lowest BCUT2D eigenvalue weighted by Gasteiger charge is -1.87. The second-order valence-electron chi connectivity index (χ2n) is 1.53. The van der Waals surface area contributed by atoms with Crippen LogP contribution in [0.3, 0.4) is 0 Å². The Kier molecular flexibility index (Phi) is 1.20. The summed E-state index contributed by atoms with van der Waals surface area (Å²) in [6, 6.07) is 0. The van der Waals surface area contributed by atoms with Crippen molar-refractivity contribution in [3.8, 4) is 0 Å². The maximum atomic E-state index is 3.92. The zero-order valence-corrected chi connectivity index (χ0v) is 4.84. The fourth-order valence-electron chi connectivity index (χ4n) is 0.454. The third-order valence-electron chi connectivity index (χ3n) is 0.747. The molecule has 0 aliphatic rings. The van der Waals surface area contributed by atoms with E-state index in [-0.39, 0.29) is 0 Å². The van der Waals surface area contributed by atoms with Crippen molar-refractivity contribution in [1.82, 2.24) is 15.0 Å². The first-order valence-electron chi connectivity index (χ1n) is 2.34. The Morgan fingerprint density at radius 3 is 1.88 bits per heavy atom. The first-order chi connectivity index (χ1) is 3.79. The quantitative estimate of drug-likeness (QED) is 0.479. The second-order valence-corrected chi connectivity index (χ2v) is 1.53. The van der Waals surface area contributed by atoms with E-state index in [1.165, 1.54) is 0 Å². The Hall–Kier alpha value is -0.990. The summed E-state index contributed by atoms with van der Waals surface area (Å²) >= 11 is 0. The maximum absolute atomic E-state index is 3.92. The highest BCUT2D eigenvalue weighted by Crippen LogP contribution is 1.82. The van der Waals surface area contributed by atoms with Crippen molar-refractivity contribution in [2.24, 2.45) is 0 Å². The van der Waals surface area contributed by atoms with Gasteiger partial charge in [-0.25, -0.2) is 15.0 Å².